The van der Waals surface area contributed by atoms with Crippen LogP contribution in [0, 0.1) is 6.92 Å². The zero-order chi connectivity index (χ0) is 11.1. The Morgan fingerprint density at radius 1 is 1.44 bits per heavy atom. The lowest BCUT2D eigenvalue weighted by molar-refractivity contribution is 0.0981. The minimum Gasteiger partial charge on any atom is -0.304 e. The standard InChI is InChI=1S/C10H11N5O/c1-6-10-7(4-11-5-8(10)16)14-15(6)9-2-3-12-13-9/h2-3,11H,4-5H2,1H3,(H,12,13). The van der Waals surface area contributed by atoms with Gasteiger partial charge in [0, 0.05) is 12.6 Å². The van der Waals surface area contributed by atoms with E-state index in [0.29, 0.717) is 13.1 Å². The molecule has 0 aromatic carbocycles. The van der Waals surface area contributed by atoms with Gasteiger partial charge < -0.3 is 5.32 Å². The van der Waals surface area contributed by atoms with Crippen molar-refractivity contribution >= 4 is 5.78 Å². The Morgan fingerprint density at radius 3 is 3.00 bits per heavy atom. The first-order valence-electron chi connectivity index (χ1n) is 5.09. The number of H-pyrrole nitrogens is 1. The quantitative estimate of drug-likeness (QED) is 0.715. The highest BCUT2D eigenvalue weighted by Gasteiger charge is 2.24. The van der Waals surface area contributed by atoms with E-state index in [2.05, 4.69) is 20.6 Å². The van der Waals surface area contributed by atoms with Gasteiger partial charge in [-0.15, -0.1) is 0 Å². The molecule has 0 aliphatic carbocycles. The molecule has 3 heterocycles. The molecule has 82 valence electrons. The van der Waals surface area contributed by atoms with Crippen LogP contribution in [0.5, 0.6) is 0 Å². The maximum absolute atomic E-state index is 11.7. The summed E-state index contributed by atoms with van der Waals surface area (Å²) >= 11 is 0. The number of hydrogen-bond acceptors (Lipinski definition) is 4. The van der Waals surface area contributed by atoms with E-state index in [1.807, 2.05) is 13.0 Å². The summed E-state index contributed by atoms with van der Waals surface area (Å²) in [6.07, 6.45) is 1.66. The molecule has 0 spiro atoms. The van der Waals surface area contributed by atoms with Crippen molar-refractivity contribution in [1.29, 1.82) is 0 Å². The summed E-state index contributed by atoms with van der Waals surface area (Å²) < 4.78 is 1.72. The molecule has 0 amide bonds. The Balaban J connectivity index is 2.19. The van der Waals surface area contributed by atoms with Crippen LogP contribution in [0.3, 0.4) is 0 Å². The third kappa shape index (κ3) is 1.20. The molecule has 6 heteroatoms. The minimum atomic E-state index is 0.101. The Hall–Kier alpha value is -1.95. The number of carbonyl (C=O) groups excluding carboxylic acids is 1. The van der Waals surface area contributed by atoms with E-state index in [-0.39, 0.29) is 5.78 Å². The summed E-state index contributed by atoms with van der Waals surface area (Å²) in [6, 6.07) is 1.82. The van der Waals surface area contributed by atoms with Gasteiger partial charge in [-0.25, -0.2) is 4.68 Å². The number of Topliss-reactive ketones (excluding diaryl/α,β-unsaturated/α-hetero) is 1. The largest absolute Gasteiger partial charge is 0.304 e. The van der Waals surface area contributed by atoms with Gasteiger partial charge in [-0.3, -0.25) is 9.89 Å². The molecule has 2 aromatic heterocycles. The van der Waals surface area contributed by atoms with Crippen molar-refractivity contribution < 1.29 is 4.79 Å². The van der Waals surface area contributed by atoms with Crippen LogP contribution in [0.4, 0.5) is 0 Å². The Kier molecular flexibility index (Phi) is 1.90. The number of hydrogen-bond donors (Lipinski definition) is 2. The molecule has 1 aliphatic rings. The van der Waals surface area contributed by atoms with Crippen LogP contribution in [0.1, 0.15) is 21.7 Å². The predicted molar refractivity (Wildman–Crippen MR) is 56.5 cm³/mol. The van der Waals surface area contributed by atoms with Gasteiger partial charge in [0.2, 0.25) is 0 Å². The minimum absolute atomic E-state index is 0.101. The topological polar surface area (TPSA) is 75.6 Å². The number of nitrogens with zero attached hydrogens (tertiary/aromatic N) is 3. The lowest BCUT2D eigenvalue weighted by atomic mass is 10.1. The normalized spacial score (nSPS) is 15.2. The highest BCUT2D eigenvalue weighted by Crippen LogP contribution is 2.19. The second-order valence-electron chi connectivity index (χ2n) is 3.79. The number of aromatic amines is 1. The summed E-state index contributed by atoms with van der Waals surface area (Å²) in [4.78, 5) is 11.7. The van der Waals surface area contributed by atoms with Crippen molar-refractivity contribution in [2.45, 2.75) is 13.5 Å². The molecule has 0 bridgehead atoms. The van der Waals surface area contributed by atoms with E-state index in [9.17, 15) is 4.79 Å². The smallest absolute Gasteiger partial charge is 0.180 e. The van der Waals surface area contributed by atoms with Crippen LogP contribution < -0.4 is 5.32 Å². The number of ketones is 1. The molecule has 6 nitrogen and oxygen atoms in total. The van der Waals surface area contributed by atoms with Gasteiger partial charge in [0.05, 0.1) is 29.7 Å². The van der Waals surface area contributed by atoms with Crippen LogP contribution in [0.15, 0.2) is 12.3 Å². The van der Waals surface area contributed by atoms with E-state index in [1.165, 1.54) is 0 Å². The highest BCUT2D eigenvalue weighted by atomic mass is 16.1. The zero-order valence-corrected chi connectivity index (χ0v) is 8.82. The number of carbonyl (C=O) groups is 1. The molecule has 0 radical (unpaired) electrons. The maximum atomic E-state index is 11.7. The van der Waals surface area contributed by atoms with Crippen molar-refractivity contribution in [3.8, 4) is 5.82 Å². The lowest BCUT2D eigenvalue weighted by Crippen LogP contribution is -2.29. The second-order valence-corrected chi connectivity index (χ2v) is 3.79. The third-order valence-electron chi connectivity index (χ3n) is 2.76. The number of rotatable bonds is 1. The Morgan fingerprint density at radius 2 is 2.31 bits per heavy atom. The average Bonchev–Trinajstić information content (AvgIpc) is 2.86. The number of fused-ring (bicyclic) bond motifs is 1. The molecular formula is C10H11N5O. The van der Waals surface area contributed by atoms with E-state index in [1.54, 1.807) is 10.9 Å². The van der Waals surface area contributed by atoms with Gasteiger partial charge in [-0.2, -0.15) is 10.2 Å². The molecule has 0 atom stereocenters. The van der Waals surface area contributed by atoms with Crippen LogP contribution in [0.2, 0.25) is 0 Å². The first kappa shape index (κ1) is 9.29. The summed E-state index contributed by atoms with van der Waals surface area (Å²) in [5.41, 5.74) is 2.42. The first-order chi connectivity index (χ1) is 7.77. The molecule has 3 rings (SSSR count). The highest BCUT2D eigenvalue weighted by molar-refractivity contribution is 6.00. The molecule has 1 aliphatic heterocycles. The SMILES string of the molecule is Cc1c2c(nn1-c1ccn[nH]1)CNCC2=O. The lowest BCUT2D eigenvalue weighted by Gasteiger charge is -2.09. The molecule has 0 saturated carbocycles. The Bertz CT molecular complexity index is 540. The van der Waals surface area contributed by atoms with E-state index in [4.69, 9.17) is 0 Å². The van der Waals surface area contributed by atoms with E-state index < -0.39 is 0 Å². The number of nitrogens with one attached hydrogen (secondary N) is 2. The van der Waals surface area contributed by atoms with Crippen LogP contribution in [-0.2, 0) is 6.54 Å². The molecule has 2 N–H and O–H groups in total. The van der Waals surface area contributed by atoms with Gasteiger partial charge in [-0.05, 0) is 6.92 Å². The fourth-order valence-corrected chi connectivity index (χ4v) is 2.03. The van der Waals surface area contributed by atoms with Crippen LogP contribution >= 0.6 is 0 Å². The number of aromatic nitrogens is 4. The summed E-state index contributed by atoms with van der Waals surface area (Å²) in [5, 5.41) is 14.1. The molecular weight excluding hydrogens is 206 g/mol. The van der Waals surface area contributed by atoms with E-state index >= 15 is 0 Å². The van der Waals surface area contributed by atoms with Crippen molar-refractivity contribution in [1.82, 2.24) is 25.3 Å². The molecule has 2 aromatic rings. The van der Waals surface area contributed by atoms with Gasteiger partial charge >= 0.3 is 0 Å². The average molecular weight is 217 g/mol. The van der Waals surface area contributed by atoms with Gasteiger partial charge in [0.1, 0.15) is 5.82 Å². The van der Waals surface area contributed by atoms with E-state index in [0.717, 1.165) is 22.8 Å². The molecule has 0 fully saturated rings. The predicted octanol–water partition coefficient (Wildman–Crippen LogP) is 0.190. The monoisotopic (exact) mass is 217 g/mol. The molecule has 0 unspecified atom stereocenters. The first-order valence-corrected chi connectivity index (χ1v) is 5.09. The summed E-state index contributed by atoms with van der Waals surface area (Å²) in [7, 11) is 0. The Labute approximate surface area is 91.7 Å². The summed E-state index contributed by atoms with van der Waals surface area (Å²) in [5.74, 6) is 0.879. The van der Waals surface area contributed by atoms with Crippen molar-refractivity contribution in [3.05, 3.63) is 29.2 Å². The van der Waals surface area contributed by atoms with Gasteiger partial charge in [0.25, 0.3) is 0 Å². The van der Waals surface area contributed by atoms with Crippen molar-refractivity contribution in [2.24, 2.45) is 0 Å². The maximum Gasteiger partial charge on any atom is 0.180 e. The van der Waals surface area contributed by atoms with Crippen molar-refractivity contribution in [2.75, 3.05) is 6.54 Å². The van der Waals surface area contributed by atoms with Crippen molar-refractivity contribution in [3.63, 3.8) is 0 Å². The molecule has 0 saturated heterocycles. The third-order valence-corrected chi connectivity index (χ3v) is 2.76. The fourth-order valence-electron chi connectivity index (χ4n) is 2.03. The fraction of sp³-hybridized carbons (Fsp3) is 0.300. The second kappa shape index (κ2) is 3.28. The summed E-state index contributed by atoms with van der Waals surface area (Å²) in [6.45, 7) is 2.93. The zero-order valence-electron chi connectivity index (χ0n) is 8.82. The van der Waals surface area contributed by atoms with Gasteiger partial charge in [-0.1, -0.05) is 0 Å². The van der Waals surface area contributed by atoms with Crippen LogP contribution in [0.25, 0.3) is 5.82 Å². The van der Waals surface area contributed by atoms with Gasteiger partial charge in [0.15, 0.2) is 5.78 Å². The molecule has 16 heavy (non-hydrogen) atoms. The van der Waals surface area contributed by atoms with Crippen LogP contribution in [-0.4, -0.2) is 32.3 Å².